The number of hydrogen-bond donors (Lipinski definition) is 0. The van der Waals surface area contributed by atoms with Crippen LogP contribution in [0, 0.1) is 0 Å². The maximum Gasteiger partial charge on any atom is 0.123 e. The number of rotatable bonds is 5. The Morgan fingerprint density at radius 1 is 1.16 bits per heavy atom. The molecule has 0 aliphatic carbocycles. The Hall–Kier alpha value is -2.17. The molecule has 128 valence electrons. The second-order valence-corrected chi connectivity index (χ2v) is 7.27. The molecule has 1 atom stereocenters. The van der Waals surface area contributed by atoms with Gasteiger partial charge in [0.2, 0.25) is 0 Å². The number of thiazole rings is 1. The molecule has 0 N–H and O–H groups in total. The number of benzene rings is 2. The van der Waals surface area contributed by atoms with Crippen LogP contribution in [0.25, 0.3) is 10.6 Å². The molecule has 0 amide bonds. The van der Waals surface area contributed by atoms with Gasteiger partial charge >= 0.3 is 0 Å². The average Bonchev–Trinajstić information content (AvgIpc) is 3.32. The van der Waals surface area contributed by atoms with E-state index in [0.29, 0.717) is 6.04 Å². The van der Waals surface area contributed by atoms with Gasteiger partial charge in [-0.25, -0.2) is 4.98 Å². The highest BCUT2D eigenvalue weighted by Crippen LogP contribution is 2.35. The molecule has 1 aliphatic heterocycles. The predicted octanol–water partition coefficient (Wildman–Crippen LogP) is 5.16. The van der Waals surface area contributed by atoms with E-state index in [2.05, 4.69) is 52.7 Å². The zero-order chi connectivity index (χ0) is 17.1. The van der Waals surface area contributed by atoms with Crippen LogP contribution in [-0.4, -0.2) is 23.5 Å². The van der Waals surface area contributed by atoms with Crippen molar-refractivity contribution in [2.45, 2.75) is 25.4 Å². The molecule has 4 heteroatoms. The van der Waals surface area contributed by atoms with Crippen molar-refractivity contribution in [1.29, 1.82) is 0 Å². The molecule has 1 saturated heterocycles. The maximum absolute atomic E-state index is 5.39. The van der Waals surface area contributed by atoms with Gasteiger partial charge in [0.15, 0.2) is 0 Å². The van der Waals surface area contributed by atoms with Crippen molar-refractivity contribution in [3.8, 4) is 16.3 Å². The van der Waals surface area contributed by atoms with Gasteiger partial charge in [0.25, 0.3) is 0 Å². The van der Waals surface area contributed by atoms with Crippen molar-refractivity contribution in [1.82, 2.24) is 9.88 Å². The van der Waals surface area contributed by atoms with Crippen LogP contribution >= 0.6 is 11.3 Å². The van der Waals surface area contributed by atoms with Gasteiger partial charge in [-0.1, -0.05) is 42.5 Å². The first-order valence-corrected chi connectivity index (χ1v) is 9.59. The van der Waals surface area contributed by atoms with E-state index in [-0.39, 0.29) is 0 Å². The molecule has 3 aromatic rings. The standard InChI is InChI=1S/C21H22N2OS/c1-24-19-10-5-9-17(13-19)20-11-6-12-23(20)14-18-15-25-21(22-18)16-7-3-2-4-8-16/h2-5,7-10,13,15,20H,6,11-12,14H2,1H3. The molecule has 1 aromatic heterocycles. The lowest BCUT2D eigenvalue weighted by atomic mass is 10.0. The van der Waals surface area contributed by atoms with Gasteiger partial charge in [0, 0.05) is 23.5 Å². The quantitative estimate of drug-likeness (QED) is 0.636. The average molecular weight is 350 g/mol. The fraction of sp³-hybridized carbons (Fsp3) is 0.286. The SMILES string of the molecule is COc1cccc(C2CCCN2Cc2csc(-c3ccccc3)n2)c1. The fourth-order valence-corrected chi connectivity index (χ4v) is 4.36. The Bertz CT molecular complexity index is 831. The van der Waals surface area contributed by atoms with E-state index >= 15 is 0 Å². The molecule has 1 aliphatic rings. The molecule has 1 fully saturated rings. The third-order valence-corrected chi connectivity index (χ3v) is 5.72. The first kappa shape index (κ1) is 16.3. The number of likely N-dealkylation sites (tertiary alicyclic amines) is 1. The normalized spacial score (nSPS) is 17.7. The molecule has 0 bridgehead atoms. The van der Waals surface area contributed by atoms with Crippen LogP contribution < -0.4 is 4.74 Å². The van der Waals surface area contributed by atoms with Crippen molar-refractivity contribution in [2.75, 3.05) is 13.7 Å². The van der Waals surface area contributed by atoms with Crippen LogP contribution in [-0.2, 0) is 6.54 Å². The van der Waals surface area contributed by atoms with E-state index in [9.17, 15) is 0 Å². The lowest BCUT2D eigenvalue weighted by molar-refractivity contribution is 0.245. The lowest BCUT2D eigenvalue weighted by Crippen LogP contribution is -2.22. The largest absolute Gasteiger partial charge is 0.497 e. The molecular weight excluding hydrogens is 328 g/mol. The summed E-state index contributed by atoms with van der Waals surface area (Å²) in [5.41, 5.74) is 3.71. The Labute approximate surface area is 152 Å². The van der Waals surface area contributed by atoms with E-state index in [1.807, 2.05) is 12.1 Å². The van der Waals surface area contributed by atoms with Gasteiger partial charge in [0.1, 0.15) is 10.8 Å². The number of ether oxygens (including phenoxy) is 1. The van der Waals surface area contributed by atoms with E-state index in [1.54, 1.807) is 18.4 Å². The monoisotopic (exact) mass is 350 g/mol. The van der Waals surface area contributed by atoms with Crippen LogP contribution in [0.5, 0.6) is 5.75 Å². The van der Waals surface area contributed by atoms with Crippen LogP contribution in [0.1, 0.15) is 30.1 Å². The fourth-order valence-electron chi connectivity index (χ4n) is 3.54. The smallest absolute Gasteiger partial charge is 0.123 e. The number of methoxy groups -OCH3 is 1. The minimum absolute atomic E-state index is 0.456. The summed E-state index contributed by atoms with van der Waals surface area (Å²) in [5.74, 6) is 0.935. The highest BCUT2D eigenvalue weighted by atomic mass is 32.1. The number of aromatic nitrogens is 1. The summed E-state index contributed by atoms with van der Waals surface area (Å²) in [6.45, 7) is 2.03. The summed E-state index contributed by atoms with van der Waals surface area (Å²) in [6, 6.07) is 19.3. The van der Waals surface area contributed by atoms with Crippen LogP contribution in [0.15, 0.2) is 60.0 Å². The molecule has 3 nitrogen and oxygen atoms in total. The second kappa shape index (κ2) is 7.38. The Morgan fingerprint density at radius 3 is 2.88 bits per heavy atom. The third kappa shape index (κ3) is 3.60. The number of hydrogen-bond acceptors (Lipinski definition) is 4. The predicted molar refractivity (Wildman–Crippen MR) is 103 cm³/mol. The Balaban J connectivity index is 1.51. The van der Waals surface area contributed by atoms with Crippen molar-refractivity contribution in [2.24, 2.45) is 0 Å². The minimum atomic E-state index is 0.456. The zero-order valence-corrected chi connectivity index (χ0v) is 15.2. The summed E-state index contributed by atoms with van der Waals surface area (Å²) in [7, 11) is 1.73. The summed E-state index contributed by atoms with van der Waals surface area (Å²) in [4.78, 5) is 7.40. The van der Waals surface area contributed by atoms with Gasteiger partial charge < -0.3 is 4.74 Å². The van der Waals surface area contributed by atoms with Crippen LogP contribution in [0.4, 0.5) is 0 Å². The summed E-state index contributed by atoms with van der Waals surface area (Å²) >= 11 is 1.73. The minimum Gasteiger partial charge on any atom is -0.497 e. The molecule has 2 heterocycles. The first-order chi connectivity index (χ1) is 12.3. The van der Waals surface area contributed by atoms with Crippen molar-refractivity contribution >= 4 is 11.3 Å². The molecule has 1 unspecified atom stereocenters. The van der Waals surface area contributed by atoms with Gasteiger partial charge in [-0.15, -0.1) is 11.3 Å². The van der Waals surface area contributed by atoms with E-state index in [4.69, 9.17) is 9.72 Å². The highest BCUT2D eigenvalue weighted by molar-refractivity contribution is 7.13. The maximum atomic E-state index is 5.39. The number of nitrogens with zero attached hydrogens (tertiary/aromatic N) is 2. The lowest BCUT2D eigenvalue weighted by Gasteiger charge is -2.24. The molecule has 0 radical (unpaired) electrons. The molecule has 0 spiro atoms. The second-order valence-electron chi connectivity index (χ2n) is 6.42. The summed E-state index contributed by atoms with van der Waals surface area (Å²) in [6.07, 6.45) is 2.43. The van der Waals surface area contributed by atoms with Crippen LogP contribution in [0.3, 0.4) is 0 Å². The highest BCUT2D eigenvalue weighted by Gasteiger charge is 2.26. The van der Waals surface area contributed by atoms with Gasteiger partial charge in [-0.2, -0.15) is 0 Å². The Kier molecular flexibility index (Phi) is 4.81. The van der Waals surface area contributed by atoms with E-state index in [1.165, 1.54) is 29.7 Å². The molecule has 4 rings (SSSR count). The zero-order valence-electron chi connectivity index (χ0n) is 14.4. The molecule has 0 saturated carbocycles. The van der Waals surface area contributed by atoms with Crippen molar-refractivity contribution in [3.05, 3.63) is 71.2 Å². The molecular formula is C21H22N2OS. The first-order valence-electron chi connectivity index (χ1n) is 8.71. The van der Waals surface area contributed by atoms with Crippen molar-refractivity contribution in [3.63, 3.8) is 0 Å². The van der Waals surface area contributed by atoms with Gasteiger partial charge in [0.05, 0.1) is 12.8 Å². The van der Waals surface area contributed by atoms with Crippen molar-refractivity contribution < 1.29 is 4.74 Å². The summed E-state index contributed by atoms with van der Waals surface area (Å²) in [5, 5.41) is 3.30. The summed E-state index contributed by atoms with van der Waals surface area (Å²) < 4.78 is 5.39. The topological polar surface area (TPSA) is 25.4 Å². The molecule has 25 heavy (non-hydrogen) atoms. The Morgan fingerprint density at radius 2 is 2.04 bits per heavy atom. The third-order valence-electron chi connectivity index (χ3n) is 4.78. The van der Waals surface area contributed by atoms with Gasteiger partial charge in [-0.05, 0) is 37.1 Å². The molecule has 2 aromatic carbocycles. The van der Waals surface area contributed by atoms with E-state index in [0.717, 1.165) is 23.8 Å². The van der Waals surface area contributed by atoms with E-state index < -0.39 is 0 Å². The van der Waals surface area contributed by atoms with Gasteiger partial charge in [-0.3, -0.25) is 4.90 Å². The van der Waals surface area contributed by atoms with Crippen LogP contribution in [0.2, 0.25) is 0 Å².